The molecule has 1 unspecified atom stereocenters. The fourth-order valence-corrected chi connectivity index (χ4v) is 5.00. The Balaban J connectivity index is 1.37. The number of ether oxygens (including phenoxy) is 1. The van der Waals surface area contributed by atoms with Crippen LogP contribution in [0.4, 0.5) is 17.2 Å². The number of hydrogen-bond donors (Lipinski definition) is 1. The second-order valence-electron chi connectivity index (χ2n) is 10.4. The van der Waals surface area contributed by atoms with E-state index in [0.29, 0.717) is 23.8 Å². The molecule has 1 aliphatic heterocycles. The molecule has 1 aliphatic rings. The van der Waals surface area contributed by atoms with Gasteiger partial charge in [0, 0.05) is 42.3 Å². The molecule has 2 aromatic heterocycles. The maximum atomic E-state index is 13.8. The molecule has 1 amide bonds. The van der Waals surface area contributed by atoms with E-state index in [2.05, 4.69) is 31.5 Å². The standard InChI is InChI=1S/C32H34N6O5/c1-4-42-29(39)16-18-38(28-7-5-6-17-33-28)31(40)24-11-10-22-9-8-21(2)27(34-26(22)19-24)20-37(3)25-14-12-23(13-15-25)30-35-32(41)43-36-30/h5-7,10-15,17,19,21H,4,8-9,16,18,20H2,1-3H3,(H,35,36,41). The number of esters is 1. The van der Waals surface area contributed by atoms with Gasteiger partial charge in [-0.15, -0.1) is 0 Å². The van der Waals surface area contributed by atoms with Crippen LogP contribution >= 0.6 is 0 Å². The van der Waals surface area contributed by atoms with Crippen LogP contribution in [0.2, 0.25) is 0 Å². The van der Waals surface area contributed by atoms with Gasteiger partial charge in [0.15, 0.2) is 5.82 Å². The molecule has 11 nitrogen and oxygen atoms in total. The Labute approximate surface area is 249 Å². The molecule has 5 rings (SSSR count). The van der Waals surface area contributed by atoms with E-state index in [9.17, 15) is 14.4 Å². The first kappa shape index (κ1) is 29.4. The summed E-state index contributed by atoms with van der Waals surface area (Å²) in [7, 11) is 2.00. The summed E-state index contributed by atoms with van der Waals surface area (Å²) < 4.78 is 9.68. The number of aromatic nitrogens is 3. The number of aliphatic imine (C=N–C) groups is 1. The van der Waals surface area contributed by atoms with E-state index in [1.807, 2.05) is 49.5 Å². The minimum atomic E-state index is -0.595. The molecule has 0 bridgehead atoms. The molecule has 0 fully saturated rings. The highest BCUT2D eigenvalue weighted by atomic mass is 16.5. The molecule has 0 saturated carbocycles. The lowest BCUT2D eigenvalue weighted by Gasteiger charge is -2.23. The van der Waals surface area contributed by atoms with Crippen LogP contribution in [0.3, 0.4) is 0 Å². The summed E-state index contributed by atoms with van der Waals surface area (Å²) in [5.74, 6) is -0.137. The van der Waals surface area contributed by atoms with Crippen LogP contribution in [0.15, 0.2) is 81.2 Å². The molecule has 0 aliphatic carbocycles. The number of pyridine rings is 1. The molecule has 222 valence electrons. The summed E-state index contributed by atoms with van der Waals surface area (Å²) in [6, 6.07) is 18.6. The Hall–Kier alpha value is -5.06. The number of carbonyl (C=O) groups excluding carboxylic acids is 2. The zero-order valence-corrected chi connectivity index (χ0v) is 24.4. The number of nitrogens with zero attached hydrogens (tertiary/aromatic N) is 5. The van der Waals surface area contributed by atoms with Crippen LogP contribution in [0.25, 0.3) is 11.4 Å². The highest BCUT2D eigenvalue weighted by Crippen LogP contribution is 2.30. The zero-order valence-electron chi connectivity index (χ0n) is 24.4. The summed E-state index contributed by atoms with van der Waals surface area (Å²) in [5, 5.41) is 3.74. The van der Waals surface area contributed by atoms with Crippen molar-refractivity contribution in [3.05, 3.63) is 88.5 Å². The van der Waals surface area contributed by atoms with E-state index in [-0.39, 0.29) is 37.4 Å². The number of aryl methyl sites for hydroxylation is 1. The van der Waals surface area contributed by atoms with Crippen LogP contribution in [-0.4, -0.2) is 59.5 Å². The third-order valence-electron chi connectivity index (χ3n) is 7.45. The minimum absolute atomic E-state index is 0.0603. The minimum Gasteiger partial charge on any atom is -0.466 e. The Morgan fingerprint density at radius 2 is 1.93 bits per heavy atom. The van der Waals surface area contributed by atoms with E-state index >= 15 is 0 Å². The topological polar surface area (TPSA) is 134 Å². The van der Waals surface area contributed by atoms with Gasteiger partial charge in [0.25, 0.3) is 5.91 Å². The molecule has 4 aromatic rings. The summed E-state index contributed by atoms with van der Waals surface area (Å²) >= 11 is 0. The van der Waals surface area contributed by atoms with Crippen LogP contribution in [-0.2, 0) is 16.0 Å². The number of rotatable bonds is 10. The number of nitrogens with one attached hydrogen (secondary N) is 1. The van der Waals surface area contributed by atoms with E-state index in [0.717, 1.165) is 41.1 Å². The Bertz CT molecular complexity index is 1660. The number of amides is 1. The van der Waals surface area contributed by atoms with Crippen LogP contribution in [0.1, 0.15) is 42.6 Å². The van der Waals surface area contributed by atoms with Crippen molar-refractivity contribution in [3.63, 3.8) is 0 Å². The van der Waals surface area contributed by atoms with Crippen LogP contribution in [0, 0.1) is 5.92 Å². The predicted octanol–water partition coefficient (Wildman–Crippen LogP) is 4.82. The highest BCUT2D eigenvalue weighted by molar-refractivity contribution is 6.06. The van der Waals surface area contributed by atoms with E-state index in [1.165, 1.54) is 4.90 Å². The van der Waals surface area contributed by atoms with Crippen molar-refractivity contribution in [2.24, 2.45) is 10.9 Å². The van der Waals surface area contributed by atoms with E-state index in [1.54, 1.807) is 31.3 Å². The average Bonchev–Trinajstić information content (AvgIpc) is 3.40. The quantitative estimate of drug-likeness (QED) is 0.263. The molecule has 2 aromatic carbocycles. The molecule has 0 spiro atoms. The van der Waals surface area contributed by atoms with Gasteiger partial charge in [-0.2, -0.15) is 0 Å². The third-order valence-corrected chi connectivity index (χ3v) is 7.45. The van der Waals surface area contributed by atoms with Gasteiger partial charge in [0.2, 0.25) is 0 Å². The molecule has 0 saturated heterocycles. The SMILES string of the molecule is CCOC(=O)CCN(C(=O)c1ccc2c(c1)N=C(CN(C)c1ccc(-c3noc(=O)[nH]3)cc1)C(C)CC2)c1ccccn1. The van der Waals surface area contributed by atoms with Crippen LogP contribution in [0.5, 0.6) is 0 Å². The molecule has 3 heterocycles. The van der Waals surface area contributed by atoms with Gasteiger partial charge in [0.05, 0.1) is 25.3 Å². The van der Waals surface area contributed by atoms with Gasteiger partial charge in [-0.25, -0.2) is 9.78 Å². The Morgan fingerprint density at radius 3 is 2.63 bits per heavy atom. The maximum Gasteiger partial charge on any atom is 0.439 e. The number of hydrogen-bond acceptors (Lipinski definition) is 9. The lowest BCUT2D eigenvalue weighted by Crippen LogP contribution is -2.34. The zero-order chi connectivity index (χ0) is 30.3. The van der Waals surface area contributed by atoms with Crippen molar-refractivity contribution in [2.75, 3.05) is 36.5 Å². The molecule has 43 heavy (non-hydrogen) atoms. The van der Waals surface area contributed by atoms with E-state index in [4.69, 9.17) is 9.73 Å². The molecule has 1 N–H and O–H groups in total. The van der Waals surface area contributed by atoms with Gasteiger partial charge in [0.1, 0.15) is 5.82 Å². The number of benzene rings is 2. The molecule has 11 heteroatoms. The second-order valence-corrected chi connectivity index (χ2v) is 10.4. The summed E-state index contributed by atoms with van der Waals surface area (Å²) in [4.78, 5) is 52.8. The van der Waals surface area contributed by atoms with E-state index < -0.39 is 5.76 Å². The smallest absolute Gasteiger partial charge is 0.439 e. The van der Waals surface area contributed by atoms with Gasteiger partial charge in [-0.1, -0.05) is 24.2 Å². The average molecular weight is 583 g/mol. The number of H-pyrrole nitrogens is 1. The largest absolute Gasteiger partial charge is 0.466 e. The fraction of sp³-hybridized carbons (Fsp3) is 0.312. The number of carbonyl (C=O) groups is 2. The number of aromatic amines is 1. The monoisotopic (exact) mass is 582 g/mol. The fourth-order valence-electron chi connectivity index (χ4n) is 5.00. The molecular weight excluding hydrogens is 548 g/mol. The Kier molecular flexibility index (Phi) is 9.09. The van der Waals surface area contributed by atoms with Gasteiger partial charge in [-0.05, 0) is 79.8 Å². The lowest BCUT2D eigenvalue weighted by atomic mass is 9.97. The highest BCUT2D eigenvalue weighted by Gasteiger charge is 2.23. The first-order valence-electron chi connectivity index (χ1n) is 14.3. The molecule has 1 atom stereocenters. The van der Waals surface area contributed by atoms with Gasteiger partial charge >= 0.3 is 11.7 Å². The Morgan fingerprint density at radius 1 is 1.12 bits per heavy atom. The summed E-state index contributed by atoms with van der Waals surface area (Å²) in [6.45, 7) is 4.95. The van der Waals surface area contributed by atoms with Crippen molar-refractivity contribution in [2.45, 2.75) is 33.1 Å². The van der Waals surface area contributed by atoms with Crippen molar-refractivity contribution >= 4 is 34.8 Å². The summed E-state index contributed by atoms with van der Waals surface area (Å²) in [6.07, 6.45) is 3.46. The summed E-state index contributed by atoms with van der Waals surface area (Å²) in [5.41, 5.74) is 5.07. The lowest BCUT2D eigenvalue weighted by molar-refractivity contribution is -0.142. The number of anilines is 2. The normalized spacial score (nSPS) is 14.3. The third kappa shape index (κ3) is 7.06. The first-order chi connectivity index (χ1) is 20.8. The maximum absolute atomic E-state index is 13.8. The first-order valence-corrected chi connectivity index (χ1v) is 14.3. The predicted molar refractivity (Wildman–Crippen MR) is 164 cm³/mol. The second kappa shape index (κ2) is 13.3. The van der Waals surface area contributed by atoms with Crippen molar-refractivity contribution in [1.82, 2.24) is 15.1 Å². The van der Waals surface area contributed by atoms with Crippen molar-refractivity contribution in [3.8, 4) is 11.4 Å². The van der Waals surface area contributed by atoms with Crippen LogP contribution < -0.4 is 15.6 Å². The van der Waals surface area contributed by atoms with Crippen molar-refractivity contribution < 1.29 is 18.8 Å². The number of fused-ring (bicyclic) bond motifs is 1. The molecule has 0 radical (unpaired) electrons. The van der Waals surface area contributed by atoms with Crippen molar-refractivity contribution in [1.29, 1.82) is 0 Å². The van der Waals surface area contributed by atoms with Gasteiger partial charge in [-0.3, -0.25) is 29.0 Å². The molecular formula is C32H34N6O5. The van der Waals surface area contributed by atoms with Gasteiger partial charge < -0.3 is 9.64 Å².